The van der Waals surface area contributed by atoms with Crippen LogP contribution in [0.2, 0.25) is 0 Å². The summed E-state index contributed by atoms with van der Waals surface area (Å²) in [6.45, 7) is 3.59. The molecule has 2 N–H and O–H groups in total. The van der Waals surface area contributed by atoms with E-state index in [4.69, 9.17) is 15.2 Å². The lowest BCUT2D eigenvalue weighted by Crippen LogP contribution is -2.62. The molecule has 17 heavy (non-hydrogen) atoms. The minimum absolute atomic E-state index is 0.0615. The van der Waals surface area contributed by atoms with Crippen molar-refractivity contribution in [2.75, 3.05) is 40.5 Å². The normalized spacial score (nSPS) is 30.2. The Morgan fingerprint density at radius 2 is 2.06 bits per heavy atom. The van der Waals surface area contributed by atoms with Gasteiger partial charge in [-0.1, -0.05) is 0 Å². The van der Waals surface area contributed by atoms with Crippen LogP contribution in [0.3, 0.4) is 0 Å². The fourth-order valence-corrected chi connectivity index (χ4v) is 3.23. The summed E-state index contributed by atoms with van der Waals surface area (Å²) >= 11 is 0. The van der Waals surface area contributed by atoms with E-state index in [9.17, 15) is 0 Å². The number of hydrogen-bond donors (Lipinski definition) is 1. The Morgan fingerprint density at radius 3 is 2.59 bits per heavy atom. The fraction of sp³-hybridized carbons (Fsp3) is 1.00. The van der Waals surface area contributed by atoms with Crippen molar-refractivity contribution in [1.29, 1.82) is 0 Å². The third-order valence-electron chi connectivity index (χ3n) is 4.43. The van der Waals surface area contributed by atoms with Crippen molar-refractivity contribution in [1.82, 2.24) is 4.90 Å². The number of ether oxygens (including phenoxy) is 2. The molecule has 0 aromatic rings. The number of nitrogens with two attached hydrogens (primary N) is 1. The zero-order valence-corrected chi connectivity index (χ0v) is 11.2. The molecule has 1 saturated heterocycles. The van der Waals surface area contributed by atoms with Crippen LogP contribution in [0.4, 0.5) is 0 Å². The maximum Gasteiger partial charge on any atom is 0.0698 e. The first kappa shape index (κ1) is 13.3. The third-order valence-corrected chi connectivity index (χ3v) is 4.43. The Hall–Kier alpha value is -0.160. The van der Waals surface area contributed by atoms with Gasteiger partial charge < -0.3 is 15.2 Å². The van der Waals surface area contributed by atoms with Crippen LogP contribution in [0.15, 0.2) is 0 Å². The van der Waals surface area contributed by atoms with Crippen LogP contribution in [0, 0.1) is 5.92 Å². The Labute approximate surface area is 104 Å². The SMILES string of the molecule is COCC(CN)(C1CC1)N1CCCC(OC)C1. The van der Waals surface area contributed by atoms with Crippen LogP contribution in [0.5, 0.6) is 0 Å². The quantitative estimate of drug-likeness (QED) is 0.750. The van der Waals surface area contributed by atoms with E-state index in [-0.39, 0.29) is 5.54 Å². The number of likely N-dealkylation sites (tertiary alicyclic amines) is 1. The standard InChI is InChI=1S/C13H26N2O2/c1-16-10-13(9-14,11-5-6-11)15-7-3-4-12(8-15)17-2/h11-12H,3-10,14H2,1-2H3. The molecule has 0 bridgehead atoms. The Kier molecular flexibility index (Phi) is 4.42. The molecule has 4 nitrogen and oxygen atoms in total. The fourth-order valence-electron chi connectivity index (χ4n) is 3.23. The minimum Gasteiger partial charge on any atom is -0.383 e. The van der Waals surface area contributed by atoms with E-state index in [1.54, 1.807) is 7.11 Å². The topological polar surface area (TPSA) is 47.7 Å². The lowest BCUT2D eigenvalue weighted by atomic mass is 9.89. The average molecular weight is 242 g/mol. The van der Waals surface area contributed by atoms with Gasteiger partial charge in [-0.25, -0.2) is 0 Å². The van der Waals surface area contributed by atoms with E-state index >= 15 is 0 Å². The van der Waals surface area contributed by atoms with Crippen molar-refractivity contribution in [3.8, 4) is 0 Å². The second-order valence-electron chi connectivity index (χ2n) is 5.46. The van der Waals surface area contributed by atoms with Crippen LogP contribution >= 0.6 is 0 Å². The molecular formula is C13H26N2O2. The molecule has 4 heteroatoms. The van der Waals surface area contributed by atoms with E-state index in [1.807, 2.05) is 7.11 Å². The summed E-state index contributed by atoms with van der Waals surface area (Å²) in [6, 6.07) is 0. The summed E-state index contributed by atoms with van der Waals surface area (Å²) in [5.41, 5.74) is 6.15. The van der Waals surface area contributed by atoms with Crippen LogP contribution < -0.4 is 5.73 Å². The van der Waals surface area contributed by atoms with E-state index in [2.05, 4.69) is 4.90 Å². The van der Waals surface area contributed by atoms with Gasteiger partial charge in [-0.05, 0) is 38.1 Å². The summed E-state index contributed by atoms with van der Waals surface area (Å²) in [5.74, 6) is 0.725. The molecule has 2 rings (SSSR count). The molecule has 2 atom stereocenters. The first-order chi connectivity index (χ1) is 8.26. The second-order valence-corrected chi connectivity index (χ2v) is 5.46. The number of hydrogen-bond acceptors (Lipinski definition) is 4. The molecule has 2 aliphatic rings. The summed E-state index contributed by atoms with van der Waals surface area (Å²) < 4.78 is 11.0. The molecule has 1 aliphatic carbocycles. The maximum absolute atomic E-state index is 6.09. The Bertz CT molecular complexity index is 246. The molecule has 0 spiro atoms. The highest BCUT2D eigenvalue weighted by atomic mass is 16.5. The molecule has 0 amide bonds. The zero-order valence-electron chi connectivity index (χ0n) is 11.2. The summed E-state index contributed by atoms with van der Waals surface area (Å²) in [6.07, 6.45) is 5.34. The number of rotatable bonds is 6. The molecule has 1 aliphatic heterocycles. The predicted octanol–water partition coefficient (Wildman–Crippen LogP) is 0.851. The minimum atomic E-state index is 0.0615. The van der Waals surface area contributed by atoms with E-state index in [1.165, 1.54) is 25.7 Å². The van der Waals surface area contributed by atoms with Gasteiger partial charge in [0.25, 0.3) is 0 Å². The predicted molar refractivity (Wildman–Crippen MR) is 68.0 cm³/mol. The van der Waals surface area contributed by atoms with E-state index in [0.29, 0.717) is 12.6 Å². The Balaban J connectivity index is 2.08. The largest absolute Gasteiger partial charge is 0.383 e. The van der Waals surface area contributed by atoms with Crippen LogP contribution in [0.25, 0.3) is 0 Å². The number of methoxy groups -OCH3 is 2. The maximum atomic E-state index is 6.09. The van der Waals surface area contributed by atoms with E-state index in [0.717, 1.165) is 25.6 Å². The average Bonchev–Trinajstić information content (AvgIpc) is 3.21. The van der Waals surface area contributed by atoms with Gasteiger partial charge in [-0.3, -0.25) is 4.90 Å². The molecule has 2 fully saturated rings. The van der Waals surface area contributed by atoms with Crippen molar-refractivity contribution >= 4 is 0 Å². The lowest BCUT2D eigenvalue weighted by molar-refractivity contribution is -0.0543. The van der Waals surface area contributed by atoms with Crippen LogP contribution in [-0.2, 0) is 9.47 Å². The molecule has 0 aromatic heterocycles. The Morgan fingerprint density at radius 1 is 1.29 bits per heavy atom. The van der Waals surface area contributed by atoms with Gasteiger partial charge in [-0.15, -0.1) is 0 Å². The first-order valence-corrected chi connectivity index (χ1v) is 6.73. The number of nitrogens with zero attached hydrogens (tertiary/aromatic N) is 1. The molecule has 0 radical (unpaired) electrons. The highest BCUT2D eigenvalue weighted by Gasteiger charge is 2.49. The van der Waals surface area contributed by atoms with Gasteiger partial charge in [0.05, 0.1) is 18.2 Å². The number of piperidine rings is 1. The van der Waals surface area contributed by atoms with Crippen molar-refractivity contribution in [3.63, 3.8) is 0 Å². The lowest BCUT2D eigenvalue weighted by Gasteiger charge is -2.47. The van der Waals surface area contributed by atoms with Gasteiger partial charge in [-0.2, -0.15) is 0 Å². The molecule has 2 unspecified atom stereocenters. The highest BCUT2D eigenvalue weighted by molar-refractivity contribution is 5.04. The molecule has 100 valence electrons. The van der Waals surface area contributed by atoms with Gasteiger partial charge in [0.1, 0.15) is 0 Å². The van der Waals surface area contributed by atoms with Crippen LogP contribution in [-0.4, -0.2) is 57.0 Å². The summed E-state index contributed by atoms with van der Waals surface area (Å²) in [5, 5.41) is 0. The highest BCUT2D eigenvalue weighted by Crippen LogP contribution is 2.43. The van der Waals surface area contributed by atoms with Crippen molar-refractivity contribution in [2.45, 2.75) is 37.3 Å². The summed E-state index contributed by atoms with van der Waals surface area (Å²) in [7, 11) is 3.59. The van der Waals surface area contributed by atoms with Gasteiger partial charge in [0.15, 0.2) is 0 Å². The molecule has 0 aromatic carbocycles. The van der Waals surface area contributed by atoms with Gasteiger partial charge >= 0.3 is 0 Å². The van der Waals surface area contributed by atoms with Gasteiger partial charge in [0, 0.05) is 27.3 Å². The van der Waals surface area contributed by atoms with Crippen molar-refractivity contribution in [3.05, 3.63) is 0 Å². The van der Waals surface area contributed by atoms with Crippen molar-refractivity contribution in [2.24, 2.45) is 11.7 Å². The smallest absolute Gasteiger partial charge is 0.0698 e. The van der Waals surface area contributed by atoms with Crippen molar-refractivity contribution < 1.29 is 9.47 Å². The molecule has 1 heterocycles. The monoisotopic (exact) mass is 242 g/mol. The second kappa shape index (κ2) is 5.65. The zero-order chi connectivity index (χ0) is 12.3. The molecular weight excluding hydrogens is 216 g/mol. The van der Waals surface area contributed by atoms with Crippen LogP contribution in [0.1, 0.15) is 25.7 Å². The molecule has 1 saturated carbocycles. The summed E-state index contributed by atoms with van der Waals surface area (Å²) in [4.78, 5) is 2.53. The van der Waals surface area contributed by atoms with Gasteiger partial charge in [0.2, 0.25) is 0 Å². The third kappa shape index (κ3) is 2.65. The first-order valence-electron chi connectivity index (χ1n) is 6.73. The van der Waals surface area contributed by atoms with E-state index < -0.39 is 0 Å².